The van der Waals surface area contributed by atoms with Crippen molar-refractivity contribution in [3.05, 3.63) is 16.4 Å². The molecule has 0 spiro atoms. The van der Waals surface area contributed by atoms with Crippen molar-refractivity contribution < 1.29 is 13.2 Å². The van der Waals surface area contributed by atoms with E-state index < -0.39 is 21.4 Å². The predicted molar refractivity (Wildman–Crippen MR) is 64.3 cm³/mol. The summed E-state index contributed by atoms with van der Waals surface area (Å²) in [6.45, 7) is 2.55. The van der Waals surface area contributed by atoms with Crippen molar-refractivity contribution in [3.8, 4) is 0 Å². The normalized spacial score (nSPS) is 11.7. The molecule has 0 N–H and O–H groups in total. The highest BCUT2D eigenvalue weighted by atomic mass is 79.9. The van der Waals surface area contributed by atoms with Crippen LogP contribution >= 0.6 is 15.9 Å². The molecule has 0 aliphatic heterocycles. The molecule has 0 fully saturated rings. The van der Waals surface area contributed by atoms with Gasteiger partial charge in [-0.3, -0.25) is 9.48 Å². The van der Waals surface area contributed by atoms with Gasteiger partial charge in [-0.25, -0.2) is 8.42 Å². The first-order valence-corrected chi connectivity index (χ1v) is 7.62. The van der Waals surface area contributed by atoms with Gasteiger partial charge in [0, 0.05) is 12.8 Å². The second-order valence-corrected chi connectivity index (χ2v) is 6.55. The highest BCUT2D eigenvalue weighted by Crippen LogP contribution is 2.17. The van der Waals surface area contributed by atoms with Gasteiger partial charge in [-0.2, -0.15) is 5.10 Å². The van der Waals surface area contributed by atoms with E-state index in [4.69, 9.17) is 0 Å². The smallest absolute Gasteiger partial charge is 0.196 e. The standard InChI is InChI=1S/C9H13BrN2O3S/c1-3-4-12-9(7(10)5-11-12)8(13)6-16(2,14)15/h5H,3-4,6H2,1-2H3. The van der Waals surface area contributed by atoms with Gasteiger partial charge in [-0.05, 0) is 22.4 Å². The molecule has 90 valence electrons. The molecule has 0 aliphatic carbocycles. The number of sulfone groups is 1. The maximum absolute atomic E-state index is 11.8. The molecule has 0 saturated carbocycles. The van der Waals surface area contributed by atoms with Crippen molar-refractivity contribution in [1.82, 2.24) is 9.78 Å². The lowest BCUT2D eigenvalue weighted by molar-refractivity contribution is 0.101. The van der Waals surface area contributed by atoms with Crippen molar-refractivity contribution in [2.75, 3.05) is 12.0 Å². The monoisotopic (exact) mass is 308 g/mol. The number of aryl methyl sites for hydroxylation is 1. The van der Waals surface area contributed by atoms with E-state index >= 15 is 0 Å². The average molecular weight is 309 g/mol. The minimum Gasteiger partial charge on any atom is -0.291 e. The Kier molecular flexibility index (Phi) is 4.26. The summed E-state index contributed by atoms with van der Waals surface area (Å²) < 4.78 is 24.2. The van der Waals surface area contributed by atoms with Crippen LogP contribution in [0.25, 0.3) is 0 Å². The number of nitrogens with zero attached hydrogens (tertiary/aromatic N) is 2. The summed E-state index contributed by atoms with van der Waals surface area (Å²) in [6.07, 6.45) is 3.37. The molecule has 1 aromatic rings. The summed E-state index contributed by atoms with van der Waals surface area (Å²) in [6, 6.07) is 0. The number of aromatic nitrogens is 2. The van der Waals surface area contributed by atoms with Gasteiger partial charge in [-0.1, -0.05) is 6.92 Å². The minimum absolute atomic E-state index is 0.326. The summed E-state index contributed by atoms with van der Waals surface area (Å²) in [5, 5.41) is 4.01. The fourth-order valence-electron chi connectivity index (χ4n) is 1.33. The SMILES string of the molecule is CCCn1ncc(Br)c1C(=O)CS(C)(=O)=O. The Balaban J connectivity index is 3.02. The molecule has 1 aromatic heterocycles. The van der Waals surface area contributed by atoms with Crippen LogP contribution < -0.4 is 0 Å². The van der Waals surface area contributed by atoms with Crippen LogP contribution in [0.4, 0.5) is 0 Å². The number of halogens is 1. The van der Waals surface area contributed by atoms with Gasteiger partial charge < -0.3 is 0 Å². The van der Waals surface area contributed by atoms with Crippen LogP contribution in [0.15, 0.2) is 10.7 Å². The van der Waals surface area contributed by atoms with Crippen molar-refractivity contribution in [2.45, 2.75) is 19.9 Å². The van der Waals surface area contributed by atoms with Crippen molar-refractivity contribution in [1.29, 1.82) is 0 Å². The van der Waals surface area contributed by atoms with Crippen LogP contribution in [0.2, 0.25) is 0 Å². The van der Waals surface area contributed by atoms with Crippen LogP contribution in [0.1, 0.15) is 23.8 Å². The number of Topliss-reactive ketones (excluding diaryl/α,β-unsaturated/α-hetero) is 1. The molecule has 7 heteroatoms. The topological polar surface area (TPSA) is 69.0 Å². The molecular formula is C9H13BrN2O3S. The first-order valence-electron chi connectivity index (χ1n) is 4.77. The molecule has 0 unspecified atom stereocenters. The van der Waals surface area contributed by atoms with Gasteiger partial charge in [0.15, 0.2) is 15.6 Å². The minimum atomic E-state index is -3.31. The van der Waals surface area contributed by atoms with E-state index in [9.17, 15) is 13.2 Å². The summed E-state index contributed by atoms with van der Waals surface area (Å²) in [7, 11) is -3.31. The van der Waals surface area contributed by atoms with Crippen molar-refractivity contribution in [3.63, 3.8) is 0 Å². The molecule has 0 aliphatic rings. The number of hydrogen-bond acceptors (Lipinski definition) is 4. The molecule has 0 amide bonds. The van der Waals surface area contributed by atoms with Crippen LogP contribution in [0, 0.1) is 0 Å². The zero-order valence-electron chi connectivity index (χ0n) is 9.10. The van der Waals surface area contributed by atoms with E-state index in [1.165, 1.54) is 10.9 Å². The molecule has 1 rings (SSSR count). The summed E-state index contributed by atoms with van der Waals surface area (Å²) in [4.78, 5) is 11.8. The molecule has 0 bridgehead atoms. The van der Waals surface area contributed by atoms with E-state index in [0.29, 0.717) is 16.7 Å². The Morgan fingerprint density at radius 3 is 2.69 bits per heavy atom. The van der Waals surface area contributed by atoms with Crippen molar-refractivity contribution in [2.24, 2.45) is 0 Å². The van der Waals surface area contributed by atoms with Gasteiger partial charge >= 0.3 is 0 Å². The number of carbonyl (C=O) groups excluding carboxylic acids is 1. The third-order valence-corrected chi connectivity index (χ3v) is 3.25. The molecule has 0 saturated heterocycles. The Morgan fingerprint density at radius 2 is 2.19 bits per heavy atom. The van der Waals surface area contributed by atoms with Gasteiger partial charge in [0.1, 0.15) is 11.4 Å². The zero-order valence-corrected chi connectivity index (χ0v) is 11.5. The number of carbonyl (C=O) groups is 1. The zero-order chi connectivity index (χ0) is 12.3. The number of ketones is 1. The fourth-order valence-corrected chi connectivity index (χ4v) is 2.46. The highest BCUT2D eigenvalue weighted by Gasteiger charge is 2.20. The maximum atomic E-state index is 11.8. The molecule has 0 aromatic carbocycles. The molecule has 5 nitrogen and oxygen atoms in total. The van der Waals surface area contributed by atoms with Crippen molar-refractivity contribution >= 4 is 31.6 Å². The van der Waals surface area contributed by atoms with Gasteiger partial charge in [0.25, 0.3) is 0 Å². The largest absolute Gasteiger partial charge is 0.291 e. The first-order chi connectivity index (χ1) is 7.35. The molecular weight excluding hydrogens is 296 g/mol. The second kappa shape index (κ2) is 5.09. The van der Waals surface area contributed by atoms with Gasteiger partial charge in [0.2, 0.25) is 0 Å². The lowest BCUT2D eigenvalue weighted by atomic mass is 10.3. The number of hydrogen-bond donors (Lipinski definition) is 0. The quantitative estimate of drug-likeness (QED) is 0.768. The average Bonchev–Trinajstić information content (AvgIpc) is 2.44. The van der Waals surface area contributed by atoms with E-state index in [1.807, 2.05) is 6.92 Å². The summed E-state index contributed by atoms with van der Waals surface area (Å²) in [5.74, 6) is -0.915. The Labute approximate surface area is 103 Å². The summed E-state index contributed by atoms with van der Waals surface area (Å²) in [5.41, 5.74) is 0.326. The van der Waals surface area contributed by atoms with E-state index in [2.05, 4.69) is 21.0 Å². The first kappa shape index (κ1) is 13.4. The molecule has 0 atom stereocenters. The van der Waals surface area contributed by atoms with Crippen LogP contribution in [0.3, 0.4) is 0 Å². The van der Waals surface area contributed by atoms with E-state index in [-0.39, 0.29) is 0 Å². The van der Waals surface area contributed by atoms with Gasteiger partial charge in [0.05, 0.1) is 10.7 Å². The van der Waals surface area contributed by atoms with Gasteiger partial charge in [-0.15, -0.1) is 0 Å². The maximum Gasteiger partial charge on any atom is 0.196 e. The fraction of sp³-hybridized carbons (Fsp3) is 0.556. The highest BCUT2D eigenvalue weighted by molar-refractivity contribution is 9.10. The number of rotatable bonds is 5. The third kappa shape index (κ3) is 3.41. The Hall–Kier alpha value is -0.690. The Bertz CT molecular complexity index is 493. The lowest BCUT2D eigenvalue weighted by Crippen LogP contribution is -2.19. The summed E-state index contributed by atoms with van der Waals surface area (Å²) >= 11 is 3.20. The predicted octanol–water partition coefficient (Wildman–Crippen LogP) is 1.28. The third-order valence-electron chi connectivity index (χ3n) is 1.89. The van der Waals surface area contributed by atoms with E-state index in [1.54, 1.807) is 0 Å². The Morgan fingerprint density at radius 1 is 1.56 bits per heavy atom. The van der Waals surface area contributed by atoms with Crippen LogP contribution in [0.5, 0.6) is 0 Å². The van der Waals surface area contributed by atoms with Crippen LogP contribution in [-0.2, 0) is 16.4 Å². The molecule has 16 heavy (non-hydrogen) atoms. The second-order valence-electron chi connectivity index (χ2n) is 3.56. The van der Waals surface area contributed by atoms with E-state index in [0.717, 1.165) is 12.7 Å². The lowest BCUT2D eigenvalue weighted by Gasteiger charge is -2.05. The molecule has 0 radical (unpaired) electrons. The molecule has 1 heterocycles. The van der Waals surface area contributed by atoms with Crippen LogP contribution in [-0.4, -0.2) is 36.0 Å².